The summed E-state index contributed by atoms with van der Waals surface area (Å²) in [5, 5.41) is -0.366. The quantitative estimate of drug-likeness (QED) is 0.490. The van der Waals surface area contributed by atoms with Gasteiger partial charge in [-0.2, -0.15) is 13.2 Å². The van der Waals surface area contributed by atoms with Crippen LogP contribution in [0, 0.1) is 0 Å². The van der Waals surface area contributed by atoms with Crippen LogP contribution in [0.1, 0.15) is 44.7 Å². The van der Waals surface area contributed by atoms with Crippen molar-refractivity contribution in [3.63, 3.8) is 0 Å². The van der Waals surface area contributed by atoms with E-state index in [4.69, 9.17) is 4.74 Å². The number of alkyl halides is 2. The molecule has 1 aliphatic heterocycles. The molecule has 0 radical (unpaired) electrons. The molecule has 0 saturated heterocycles. The number of hydrogen-bond acceptors (Lipinski definition) is 5. The highest BCUT2D eigenvalue weighted by atomic mass is 32.1. The third kappa shape index (κ3) is 4.48. The van der Waals surface area contributed by atoms with Crippen LogP contribution in [0.3, 0.4) is 0 Å². The molecule has 134 valence electrons. The molecular weight excluding hydrogens is 339 g/mol. The highest BCUT2D eigenvalue weighted by Crippen LogP contribution is 2.40. The Hall–Kier alpha value is -0.820. The molecule has 4 nitrogen and oxygen atoms in total. The first-order chi connectivity index (χ1) is 11.5. The number of hydrogen-bond donors (Lipinski definition) is 0. The summed E-state index contributed by atoms with van der Waals surface area (Å²) in [7, 11) is 10.5. The van der Waals surface area contributed by atoms with Crippen molar-refractivity contribution in [3.05, 3.63) is 11.8 Å². The van der Waals surface area contributed by atoms with Crippen molar-refractivity contribution in [2.75, 3.05) is 7.05 Å². The molecule has 1 aromatic heterocycles. The minimum Gasteiger partial charge on any atom is -0.411 e. The second kappa shape index (κ2) is 7.43. The predicted molar refractivity (Wildman–Crippen MR) is 110 cm³/mol. The summed E-state index contributed by atoms with van der Waals surface area (Å²) in [5.74, 6) is -0.0565. The van der Waals surface area contributed by atoms with E-state index in [-0.39, 0.29) is 23.0 Å². The SMILES string of the molecule is BC1(B)CC=C(c2nsnc2OC(F)(F)CCCCC)C(B)(B)N1C. The van der Waals surface area contributed by atoms with Gasteiger partial charge in [-0.05, 0) is 36.1 Å². The van der Waals surface area contributed by atoms with E-state index in [2.05, 4.69) is 51.1 Å². The van der Waals surface area contributed by atoms with Gasteiger partial charge in [0.15, 0.2) is 0 Å². The van der Waals surface area contributed by atoms with E-state index in [0.717, 1.165) is 36.6 Å². The van der Waals surface area contributed by atoms with E-state index in [1.165, 1.54) is 0 Å². The van der Waals surface area contributed by atoms with Gasteiger partial charge in [0.05, 0.1) is 18.1 Å². The monoisotopic (exact) mass is 365 g/mol. The number of halogens is 2. The van der Waals surface area contributed by atoms with Crippen molar-refractivity contribution in [2.45, 2.75) is 55.8 Å². The van der Waals surface area contributed by atoms with Crippen LogP contribution in [0.4, 0.5) is 8.78 Å². The molecule has 0 amide bonds. The van der Waals surface area contributed by atoms with Crippen molar-refractivity contribution in [2.24, 2.45) is 0 Å². The fourth-order valence-corrected chi connectivity index (χ4v) is 3.74. The molecule has 2 rings (SSSR count). The summed E-state index contributed by atoms with van der Waals surface area (Å²) in [4.78, 5) is 2.25. The molecule has 0 aromatic carbocycles. The molecule has 2 heterocycles. The summed E-state index contributed by atoms with van der Waals surface area (Å²) < 4.78 is 41.5. The van der Waals surface area contributed by atoms with Gasteiger partial charge in [0, 0.05) is 0 Å². The van der Waals surface area contributed by atoms with Crippen LogP contribution in [-0.2, 0) is 0 Å². The second-order valence-corrected chi connectivity index (χ2v) is 8.40. The van der Waals surface area contributed by atoms with E-state index < -0.39 is 6.11 Å². The van der Waals surface area contributed by atoms with Crippen LogP contribution in [0.15, 0.2) is 6.08 Å². The zero-order valence-corrected chi connectivity index (χ0v) is 16.8. The first kappa shape index (κ1) is 20.5. The lowest BCUT2D eigenvalue weighted by molar-refractivity contribution is -0.183. The number of likely N-dealkylation sites (N-methyl/N-ethyl adjacent to an activating group) is 1. The Morgan fingerprint density at radius 2 is 1.96 bits per heavy atom. The number of nitrogens with zero attached hydrogens (tertiary/aromatic N) is 3. The van der Waals surface area contributed by atoms with Gasteiger partial charge in [0.1, 0.15) is 37.1 Å². The summed E-state index contributed by atoms with van der Waals surface area (Å²) in [6, 6.07) is 0. The Morgan fingerprint density at radius 1 is 1.28 bits per heavy atom. The molecule has 1 aromatic rings. The lowest BCUT2D eigenvalue weighted by Crippen LogP contribution is -2.63. The average Bonchev–Trinajstić information content (AvgIpc) is 2.92. The fourth-order valence-electron chi connectivity index (χ4n) is 3.25. The summed E-state index contributed by atoms with van der Waals surface area (Å²) in [5.41, 5.74) is 1.33. The van der Waals surface area contributed by atoms with E-state index in [1.54, 1.807) is 0 Å². The van der Waals surface area contributed by atoms with Gasteiger partial charge in [-0.25, -0.2) is 0 Å². The molecule has 0 atom stereocenters. The van der Waals surface area contributed by atoms with Crippen LogP contribution in [0.25, 0.3) is 5.57 Å². The minimum atomic E-state index is -3.22. The summed E-state index contributed by atoms with van der Waals surface area (Å²) >= 11 is 0.913. The molecule has 11 heteroatoms. The Bertz CT molecular complexity index is 639. The molecular formula is C14H25B4F2N3OS. The van der Waals surface area contributed by atoms with Crippen LogP contribution in [0.2, 0.25) is 0 Å². The molecule has 0 unspecified atom stereocenters. The van der Waals surface area contributed by atoms with Crippen LogP contribution in [0.5, 0.6) is 5.88 Å². The predicted octanol–water partition coefficient (Wildman–Crippen LogP) is -0.351. The summed E-state index contributed by atoms with van der Waals surface area (Å²) in [6.07, 6.45) is 1.46. The normalized spacial score (nSPS) is 20.2. The van der Waals surface area contributed by atoms with Gasteiger partial charge in [-0.3, -0.25) is 0 Å². The highest BCUT2D eigenvalue weighted by molar-refractivity contribution is 6.99. The maximum Gasteiger partial charge on any atom is 0.399 e. The zero-order valence-electron chi connectivity index (χ0n) is 16.0. The van der Waals surface area contributed by atoms with E-state index >= 15 is 0 Å². The maximum absolute atomic E-state index is 14.1. The fraction of sp³-hybridized carbons (Fsp3) is 0.714. The largest absolute Gasteiger partial charge is 0.411 e. The van der Waals surface area contributed by atoms with Gasteiger partial charge < -0.3 is 9.64 Å². The van der Waals surface area contributed by atoms with E-state index in [0.29, 0.717) is 12.1 Å². The van der Waals surface area contributed by atoms with Crippen molar-refractivity contribution in [3.8, 4) is 5.88 Å². The number of aromatic nitrogens is 2. The minimum absolute atomic E-state index is 0.0123. The van der Waals surface area contributed by atoms with Crippen LogP contribution < -0.4 is 4.74 Å². The summed E-state index contributed by atoms with van der Waals surface area (Å²) in [6.45, 7) is 1.98. The lowest BCUT2D eigenvalue weighted by atomic mass is 9.47. The van der Waals surface area contributed by atoms with Gasteiger partial charge in [0.25, 0.3) is 5.88 Å². The molecule has 0 bridgehead atoms. The number of unbranched alkanes of at least 4 members (excludes halogenated alkanes) is 2. The second-order valence-electron chi connectivity index (χ2n) is 7.87. The van der Waals surface area contributed by atoms with Crippen molar-refractivity contribution >= 4 is 48.7 Å². The lowest BCUT2D eigenvalue weighted by Gasteiger charge is -2.51. The van der Waals surface area contributed by atoms with Crippen molar-refractivity contribution < 1.29 is 13.5 Å². The average molecular weight is 365 g/mol. The molecule has 0 saturated carbocycles. The van der Waals surface area contributed by atoms with Crippen LogP contribution >= 0.6 is 11.7 Å². The third-order valence-electron chi connectivity index (χ3n) is 5.24. The topological polar surface area (TPSA) is 38.3 Å². The Labute approximate surface area is 156 Å². The molecule has 0 aliphatic carbocycles. The van der Waals surface area contributed by atoms with Crippen molar-refractivity contribution in [1.29, 1.82) is 0 Å². The van der Waals surface area contributed by atoms with Gasteiger partial charge >= 0.3 is 6.11 Å². The Morgan fingerprint density at radius 3 is 2.60 bits per heavy atom. The van der Waals surface area contributed by atoms with Gasteiger partial charge in [0.2, 0.25) is 0 Å². The standard InChI is InChI=1S/C14H25B4F2N3OS/c1-3-4-5-7-13(19,20)24-11-10(21-25-22-11)9-6-8-12(15,16)23(2)14(9,17)18/h6H,3-5,7-8,15-18H2,1-2H3. The molecule has 25 heavy (non-hydrogen) atoms. The zero-order chi connectivity index (χ0) is 18.9. The van der Waals surface area contributed by atoms with Gasteiger partial charge in [-0.15, -0.1) is 4.37 Å². The molecule has 1 aliphatic rings. The number of ether oxygens (including phenoxy) is 1. The van der Waals surface area contributed by atoms with E-state index in [1.807, 2.05) is 14.0 Å². The first-order valence-electron chi connectivity index (χ1n) is 8.85. The van der Waals surface area contributed by atoms with Crippen LogP contribution in [-0.4, -0.2) is 68.9 Å². The Balaban J connectivity index is 2.25. The first-order valence-corrected chi connectivity index (χ1v) is 9.58. The highest BCUT2D eigenvalue weighted by Gasteiger charge is 2.43. The van der Waals surface area contributed by atoms with Crippen molar-refractivity contribution in [1.82, 2.24) is 13.6 Å². The molecule has 0 N–H and O–H groups in total. The third-order valence-corrected chi connectivity index (χ3v) is 5.75. The molecule has 0 fully saturated rings. The Kier molecular flexibility index (Phi) is 6.09. The molecule has 0 spiro atoms. The smallest absolute Gasteiger partial charge is 0.399 e. The van der Waals surface area contributed by atoms with Gasteiger partial charge in [-0.1, -0.05) is 25.8 Å². The number of rotatable bonds is 7. The maximum atomic E-state index is 14.1. The van der Waals surface area contributed by atoms with E-state index in [9.17, 15) is 8.78 Å².